The van der Waals surface area contributed by atoms with Crippen molar-refractivity contribution in [2.24, 2.45) is 0 Å². The monoisotopic (exact) mass is 568 g/mol. The molecule has 1 saturated heterocycles. The van der Waals surface area contributed by atoms with Gasteiger partial charge in [0.05, 0.1) is 26.1 Å². The van der Waals surface area contributed by atoms with Crippen molar-refractivity contribution in [2.75, 3.05) is 32.6 Å². The van der Waals surface area contributed by atoms with E-state index in [1.54, 1.807) is 7.11 Å². The Morgan fingerprint density at radius 3 is 2.50 bits per heavy atom. The van der Waals surface area contributed by atoms with E-state index in [-0.39, 0.29) is 18.0 Å². The van der Waals surface area contributed by atoms with Gasteiger partial charge in [-0.15, -0.1) is 0 Å². The Bertz CT molecular complexity index is 1450. The fraction of sp³-hybridized carbons (Fsp3) is 0.353. The van der Waals surface area contributed by atoms with Gasteiger partial charge in [-0.2, -0.15) is 5.10 Å². The van der Waals surface area contributed by atoms with E-state index in [1.165, 1.54) is 18.2 Å². The summed E-state index contributed by atoms with van der Waals surface area (Å²) >= 11 is 0. The summed E-state index contributed by atoms with van der Waals surface area (Å²) < 4.78 is 18.8. The third kappa shape index (κ3) is 7.12. The summed E-state index contributed by atoms with van der Waals surface area (Å²) in [5.41, 5.74) is 5.37. The maximum absolute atomic E-state index is 12.2. The van der Waals surface area contributed by atoms with Gasteiger partial charge in [-0.3, -0.25) is 4.90 Å². The summed E-state index contributed by atoms with van der Waals surface area (Å²) in [6.07, 6.45) is 5.58. The van der Waals surface area contributed by atoms with E-state index in [0.29, 0.717) is 6.42 Å². The van der Waals surface area contributed by atoms with Crippen LogP contribution in [0.1, 0.15) is 42.4 Å². The number of piperidine rings is 1. The number of esters is 1. The molecule has 3 unspecified atom stereocenters. The van der Waals surface area contributed by atoms with Crippen molar-refractivity contribution in [3.05, 3.63) is 102 Å². The van der Waals surface area contributed by atoms with Crippen LogP contribution < -0.4 is 14.8 Å². The van der Waals surface area contributed by atoms with Crippen LogP contribution in [0.5, 0.6) is 11.5 Å². The maximum Gasteiger partial charge on any atom is 0.328 e. The van der Waals surface area contributed by atoms with Gasteiger partial charge in [-0.05, 0) is 66.8 Å². The van der Waals surface area contributed by atoms with Gasteiger partial charge < -0.3 is 19.5 Å². The Labute approximate surface area is 248 Å². The number of nitrogens with zero attached hydrogens (tertiary/aromatic N) is 3. The molecule has 0 radical (unpaired) electrons. The quantitative estimate of drug-likeness (QED) is 0.223. The van der Waals surface area contributed by atoms with Crippen molar-refractivity contribution in [3.8, 4) is 17.2 Å². The number of anilines is 1. The highest BCUT2D eigenvalue weighted by molar-refractivity contribution is 5.79. The third-order valence-electron chi connectivity index (χ3n) is 7.88. The molecule has 0 aliphatic carbocycles. The van der Waals surface area contributed by atoms with E-state index in [0.717, 1.165) is 54.5 Å². The van der Waals surface area contributed by atoms with Crippen molar-refractivity contribution in [1.29, 1.82) is 0 Å². The van der Waals surface area contributed by atoms with Crippen LogP contribution in [0, 0.1) is 6.92 Å². The van der Waals surface area contributed by atoms with Crippen LogP contribution in [0.3, 0.4) is 0 Å². The first-order valence-electron chi connectivity index (χ1n) is 14.5. The van der Waals surface area contributed by atoms with Gasteiger partial charge in [0.2, 0.25) is 0 Å². The summed E-state index contributed by atoms with van der Waals surface area (Å²) in [7, 11) is 3.09. The Balaban J connectivity index is 1.36. The van der Waals surface area contributed by atoms with Crippen molar-refractivity contribution in [2.45, 2.75) is 51.3 Å². The SMILES string of the molecule is CCC(Nc1cc(OC2CC(c3cnn(-c4ccc(OC)cc4)c3)CN(Cc3ccccc3)C2)ccc1C)C(=O)OC. The van der Waals surface area contributed by atoms with Crippen molar-refractivity contribution in [3.63, 3.8) is 0 Å². The lowest BCUT2D eigenvalue weighted by Gasteiger charge is -2.37. The van der Waals surface area contributed by atoms with Gasteiger partial charge in [0.25, 0.3) is 0 Å². The van der Waals surface area contributed by atoms with Gasteiger partial charge in [-0.1, -0.05) is 43.3 Å². The molecule has 0 saturated carbocycles. The molecule has 1 N–H and O–H groups in total. The van der Waals surface area contributed by atoms with Gasteiger partial charge in [0.1, 0.15) is 23.6 Å². The Morgan fingerprint density at radius 1 is 1.02 bits per heavy atom. The molecular formula is C34H40N4O4. The molecule has 0 amide bonds. The number of methoxy groups -OCH3 is 2. The zero-order valence-electron chi connectivity index (χ0n) is 24.8. The number of nitrogens with one attached hydrogen (secondary N) is 1. The van der Waals surface area contributed by atoms with Crippen LogP contribution >= 0.6 is 0 Å². The second kappa shape index (κ2) is 13.6. The normalized spacial score (nSPS) is 17.8. The molecule has 5 rings (SSSR count). The highest BCUT2D eigenvalue weighted by atomic mass is 16.5. The van der Waals surface area contributed by atoms with Crippen molar-refractivity contribution >= 4 is 11.7 Å². The summed E-state index contributed by atoms with van der Waals surface area (Å²) in [6.45, 7) is 6.57. The molecule has 4 aromatic rings. The predicted octanol–water partition coefficient (Wildman–Crippen LogP) is 5.99. The van der Waals surface area contributed by atoms with E-state index in [1.807, 2.05) is 73.3 Å². The van der Waals surface area contributed by atoms with Crippen LogP contribution in [-0.2, 0) is 16.1 Å². The van der Waals surface area contributed by atoms with Crippen LogP contribution in [-0.4, -0.2) is 60.1 Å². The van der Waals surface area contributed by atoms with Crippen molar-refractivity contribution < 1.29 is 19.0 Å². The number of benzene rings is 3. The molecule has 8 heteroatoms. The largest absolute Gasteiger partial charge is 0.497 e. The second-order valence-corrected chi connectivity index (χ2v) is 10.9. The molecule has 0 spiro atoms. The number of aryl methyl sites for hydroxylation is 1. The first-order chi connectivity index (χ1) is 20.4. The summed E-state index contributed by atoms with van der Waals surface area (Å²) in [4.78, 5) is 14.7. The minimum atomic E-state index is -0.411. The second-order valence-electron chi connectivity index (χ2n) is 10.9. The number of carbonyl (C=O) groups is 1. The molecule has 2 heterocycles. The van der Waals surface area contributed by atoms with Crippen LogP contribution in [0.4, 0.5) is 5.69 Å². The number of hydrogen-bond acceptors (Lipinski definition) is 7. The lowest BCUT2D eigenvalue weighted by Crippen LogP contribution is -2.44. The minimum absolute atomic E-state index is 0.0186. The van der Waals surface area contributed by atoms with Crippen molar-refractivity contribution in [1.82, 2.24) is 14.7 Å². The molecular weight excluding hydrogens is 528 g/mol. The van der Waals surface area contributed by atoms with Gasteiger partial charge in [0, 0.05) is 43.5 Å². The zero-order valence-corrected chi connectivity index (χ0v) is 24.8. The average molecular weight is 569 g/mol. The van der Waals surface area contributed by atoms with E-state index in [2.05, 4.69) is 45.8 Å². The number of hydrogen-bond donors (Lipinski definition) is 1. The summed E-state index contributed by atoms with van der Waals surface area (Å²) in [5, 5.41) is 8.03. The van der Waals surface area contributed by atoms with Gasteiger partial charge in [-0.25, -0.2) is 9.48 Å². The molecule has 3 aromatic carbocycles. The standard InChI is InChI=1S/C34H40N4O4/c1-5-32(34(39)41-4)36-33-18-30(14-11-24(33)2)42-31-17-26(21-37(23-31)20-25-9-7-6-8-10-25)27-19-35-38(22-27)28-12-15-29(40-3)16-13-28/h6-16,18-19,22,26,31-32,36H,5,17,20-21,23H2,1-4H3. The van der Waals surface area contributed by atoms with Gasteiger partial charge >= 0.3 is 5.97 Å². The fourth-order valence-electron chi connectivity index (χ4n) is 5.54. The average Bonchev–Trinajstić information content (AvgIpc) is 3.52. The van der Waals surface area contributed by atoms with E-state index in [4.69, 9.17) is 14.2 Å². The third-order valence-corrected chi connectivity index (χ3v) is 7.88. The maximum atomic E-state index is 12.2. The van der Waals surface area contributed by atoms with Crippen LogP contribution in [0.25, 0.3) is 5.69 Å². The lowest BCUT2D eigenvalue weighted by molar-refractivity contribution is -0.141. The predicted molar refractivity (Wildman–Crippen MR) is 165 cm³/mol. The summed E-state index contributed by atoms with van der Waals surface area (Å²) in [5.74, 6) is 1.58. The molecule has 220 valence electrons. The number of aromatic nitrogens is 2. The van der Waals surface area contributed by atoms with Crippen LogP contribution in [0.2, 0.25) is 0 Å². The minimum Gasteiger partial charge on any atom is -0.497 e. The molecule has 0 bridgehead atoms. The molecule has 8 nitrogen and oxygen atoms in total. The highest BCUT2D eigenvalue weighted by Crippen LogP contribution is 2.32. The molecule has 1 aromatic heterocycles. The molecule has 1 aliphatic rings. The highest BCUT2D eigenvalue weighted by Gasteiger charge is 2.31. The molecule has 1 aliphatic heterocycles. The Morgan fingerprint density at radius 2 is 1.79 bits per heavy atom. The number of likely N-dealkylation sites (tertiary alicyclic amines) is 1. The fourth-order valence-corrected chi connectivity index (χ4v) is 5.54. The number of rotatable bonds is 11. The Kier molecular flexibility index (Phi) is 9.44. The molecule has 3 atom stereocenters. The van der Waals surface area contributed by atoms with E-state index >= 15 is 0 Å². The number of carbonyl (C=O) groups excluding carboxylic acids is 1. The summed E-state index contributed by atoms with van der Waals surface area (Å²) in [6, 6.07) is 24.1. The Hall–Kier alpha value is -4.30. The molecule has 42 heavy (non-hydrogen) atoms. The lowest BCUT2D eigenvalue weighted by atomic mass is 9.90. The first-order valence-corrected chi connectivity index (χ1v) is 14.5. The van der Waals surface area contributed by atoms with Gasteiger partial charge in [0.15, 0.2) is 0 Å². The molecule has 1 fully saturated rings. The smallest absolute Gasteiger partial charge is 0.328 e. The van der Waals surface area contributed by atoms with E-state index < -0.39 is 6.04 Å². The zero-order chi connectivity index (χ0) is 29.5. The topological polar surface area (TPSA) is 77.9 Å². The van der Waals surface area contributed by atoms with E-state index in [9.17, 15) is 4.79 Å². The number of ether oxygens (including phenoxy) is 3. The van der Waals surface area contributed by atoms with Crippen LogP contribution in [0.15, 0.2) is 85.2 Å². The first kappa shape index (κ1) is 29.2.